The molecule has 0 saturated heterocycles. The molecule has 0 radical (unpaired) electrons. The van der Waals surface area contributed by atoms with Crippen molar-refractivity contribution in [2.45, 2.75) is 347 Å². The molecule has 2 atom stereocenters. The van der Waals surface area contributed by atoms with Gasteiger partial charge in [-0.15, -0.1) is 0 Å². The molecule has 0 aliphatic rings. The van der Waals surface area contributed by atoms with Crippen LogP contribution in [0.1, 0.15) is 335 Å². The van der Waals surface area contributed by atoms with Crippen LogP contribution in [-0.2, 0) is 33.3 Å². The van der Waals surface area contributed by atoms with Gasteiger partial charge < -0.3 is 33.3 Å². The second kappa shape index (κ2) is 68.4. The van der Waals surface area contributed by atoms with E-state index in [9.17, 15) is 19.5 Å². The monoisotopic (exact) mass is 1220 g/mol. The van der Waals surface area contributed by atoms with Crippen molar-refractivity contribution in [3.8, 4) is 0 Å². The third kappa shape index (κ3) is 69.8. The molecule has 0 fully saturated rings. The number of carbonyl (C=O) groups is 3. The number of carboxylic acid groups (broad SMARTS) is 1. The van der Waals surface area contributed by atoms with Crippen molar-refractivity contribution in [2.75, 3.05) is 47.5 Å². The van der Waals surface area contributed by atoms with Gasteiger partial charge in [-0.2, -0.15) is 0 Å². The largest absolute Gasteiger partial charge is 0.545 e. The molecule has 0 aliphatic heterocycles. The Morgan fingerprint density at radius 1 is 0.356 bits per heavy atom. The van der Waals surface area contributed by atoms with Crippen molar-refractivity contribution < 1.29 is 42.9 Å². The van der Waals surface area contributed by atoms with E-state index in [1.807, 2.05) is 21.1 Å². The van der Waals surface area contributed by atoms with Gasteiger partial charge in [0.15, 0.2) is 12.4 Å². The Morgan fingerprint density at radius 3 is 0.977 bits per heavy atom. The summed E-state index contributed by atoms with van der Waals surface area (Å²) >= 11 is 0. The number of ether oxygens (including phenoxy) is 4. The van der Waals surface area contributed by atoms with Gasteiger partial charge in [0.1, 0.15) is 13.2 Å². The predicted octanol–water partition coefficient (Wildman–Crippen LogP) is 21.7. The molecule has 0 aromatic rings. The molecule has 0 aromatic carbocycles. The normalized spacial score (nSPS) is 13.2. The zero-order chi connectivity index (χ0) is 63.3. The van der Waals surface area contributed by atoms with Gasteiger partial charge in [-0.3, -0.25) is 9.59 Å². The number of hydrogen-bond donors (Lipinski definition) is 0. The molecular weight excluding hydrogens is 1080 g/mol. The van der Waals surface area contributed by atoms with Crippen LogP contribution in [0.3, 0.4) is 0 Å². The molecule has 504 valence electrons. The van der Waals surface area contributed by atoms with Crippen LogP contribution in [0.5, 0.6) is 0 Å². The summed E-state index contributed by atoms with van der Waals surface area (Å²) in [5.74, 6) is -2.27. The van der Waals surface area contributed by atoms with Crippen molar-refractivity contribution in [1.29, 1.82) is 0 Å². The van der Waals surface area contributed by atoms with Crippen LogP contribution in [0.15, 0.2) is 85.1 Å². The fourth-order valence-corrected chi connectivity index (χ4v) is 10.5. The summed E-state index contributed by atoms with van der Waals surface area (Å²) < 4.78 is 22.8. The lowest BCUT2D eigenvalue weighted by Gasteiger charge is -2.26. The lowest BCUT2D eigenvalue weighted by atomic mass is 10.0. The first-order chi connectivity index (χ1) is 42.6. The van der Waals surface area contributed by atoms with Gasteiger partial charge in [-0.25, -0.2) is 0 Å². The molecular formula is C78H139NO8. The van der Waals surface area contributed by atoms with Gasteiger partial charge in [0, 0.05) is 12.8 Å². The van der Waals surface area contributed by atoms with Gasteiger partial charge in [-0.1, -0.05) is 317 Å². The van der Waals surface area contributed by atoms with Crippen molar-refractivity contribution in [2.24, 2.45) is 0 Å². The van der Waals surface area contributed by atoms with Crippen LogP contribution in [0, 0.1) is 0 Å². The topological polar surface area (TPSA) is 111 Å². The highest BCUT2D eigenvalue weighted by molar-refractivity contribution is 5.70. The maximum Gasteiger partial charge on any atom is 0.306 e. The molecule has 0 saturated carbocycles. The number of aliphatic carboxylic acids is 1. The van der Waals surface area contributed by atoms with Gasteiger partial charge in [0.25, 0.3) is 0 Å². The summed E-state index contributed by atoms with van der Waals surface area (Å²) in [4.78, 5) is 37.5. The third-order valence-electron chi connectivity index (χ3n) is 16.1. The molecule has 0 amide bonds. The second-order valence-corrected chi connectivity index (χ2v) is 25.9. The second-order valence-electron chi connectivity index (χ2n) is 25.9. The van der Waals surface area contributed by atoms with Crippen LogP contribution >= 0.6 is 0 Å². The van der Waals surface area contributed by atoms with Gasteiger partial charge >= 0.3 is 11.9 Å². The maximum atomic E-state index is 12.9. The van der Waals surface area contributed by atoms with Crippen molar-refractivity contribution in [1.82, 2.24) is 0 Å². The van der Waals surface area contributed by atoms with Gasteiger partial charge in [0.05, 0.1) is 40.3 Å². The fourth-order valence-electron chi connectivity index (χ4n) is 10.5. The van der Waals surface area contributed by atoms with E-state index in [0.717, 1.165) is 77.0 Å². The Morgan fingerprint density at radius 2 is 0.655 bits per heavy atom. The number of unbranched alkanes of at least 4 members (excludes halogenated alkanes) is 39. The van der Waals surface area contributed by atoms with Crippen LogP contribution in [0.25, 0.3) is 0 Å². The predicted molar refractivity (Wildman–Crippen MR) is 371 cm³/mol. The summed E-state index contributed by atoms with van der Waals surface area (Å²) in [6.45, 7) is 4.67. The Balaban J connectivity index is 4.06. The molecule has 0 rings (SSSR count). The number of allylic oxidation sites excluding steroid dienone is 14. The van der Waals surface area contributed by atoms with Crippen LogP contribution in [0.2, 0.25) is 0 Å². The Hall–Kier alpha value is -3.53. The van der Waals surface area contributed by atoms with Crippen molar-refractivity contribution >= 4 is 17.9 Å². The molecule has 0 spiro atoms. The van der Waals surface area contributed by atoms with Crippen molar-refractivity contribution in [3.05, 3.63) is 85.1 Å². The average Bonchev–Trinajstić information content (AvgIpc) is 3.57. The summed E-state index contributed by atoms with van der Waals surface area (Å²) in [6, 6.07) is 0. The first-order valence-corrected chi connectivity index (χ1v) is 36.7. The van der Waals surface area contributed by atoms with E-state index < -0.39 is 24.3 Å². The fraction of sp³-hybridized carbons (Fsp3) is 0.782. The van der Waals surface area contributed by atoms with E-state index in [1.54, 1.807) is 0 Å². The molecule has 0 heterocycles. The van der Waals surface area contributed by atoms with E-state index in [4.69, 9.17) is 18.9 Å². The quantitative estimate of drug-likeness (QED) is 0.0195. The molecule has 0 bridgehead atoms. The summed E-state index contributed by atoms with van der Waals surface area (Å²) in [6.07, 6.45) is 89.6. The molecule has 9 nitrogen and oxygen atoms in total. The lowest BCUT2D eigenvalue weighted by Crippen LogP contribution is -2.44. The van der Waals surface area contributed by atoms with E-state index in [-0.39, 0.29) is 32.2 Å². The van der Waals surface area contributed by atoms with E-state index in [0.29, 0.717) is 23.9 Å². The molecule has 0 aromatic heterocycles. The van der Waals surface area contributed by atoms with Crippen molar-refractivity contribution in [3.63, 3.8) is 0 Å². The van der Waals surface area contributed by atoms with Gasteiger partial charge in [0.2, 0.25) is 0 Å². The minimum absolute atomic E-state index is 0.146. The highest BCUT2D eigenvalue weighted by Gasteiger charge is 2.22. The number of quaternary nitrogens is 1. The number of nitrogens with zero attached hydrogens (tertiary/aromatic N) is 1. The van der Waals surface area contributed by atoms with Gasteiger partial charge in [-0.05, 0) is 89.9 Å². The standard InChI is InChI=1S/C78H139NO8/c1-6-8-10-12-14-16-18-20-22-24-26-28-30-32-34-36-37-38-39-41-42-44-46-48-50-52-54-56-58-60-62-64-66-68-75(80)85-72-74(73-86-78(77(82)83)84-71-70-79(3,4)5)87-76(81)69-67-65-63-61-59-57-55-53-51-49-47-45-43-40-35-33-31-29-27-25-23-21-19-17-15-13-11-9-7-2/h9,11,15,17-18,20-21,23-24,26-27,29,33,35,74,78H,6-8,10,12-14,16,19,22,25,28,30-32,34,36-73H2,1-5H3/b11-9-,17-15-,20-18-,23-21-,26-24-,29-27-,35-33-. The highest BCUT2D eigenvalue weighted by Crippen LogP contribution is 2.18. The zero-order valence-corrected chi connectivity index (χ0v) is 57.6. The number of carboxylic acids is 1. The number of likely N-dealkylation sites (N-methyl/N-ethyl adjacent to an activating group) is 1. The summed E-state index contributed by atoms with van der Waals surface area (Å²) in [5, 5.41) is 11.8. The number of carbonyl (C=O) groups excluding carboxylic acids is 3. The minimum Gasteiger partial charge on any atom is -0.545 e. The van der Waals surface area contributed by atoms with Crippen LogP contribution in [0.4, 0.5) is 0 Å². The first-order valence-electron chi connectivity index (χ1n) is 36.7. The third-order valence-corrected chi connectivity index (χ3v) is 16.1. The zero-order valence-electron chi connectivity index (χ0n) is 57.6. The van der Waals surface area contributed by atoms with E-state index in [1.165, 1.54) is 225 Å². The number of esters is 2. The number of hydrogen-bond acceptors (Lipinski definition) is 8. The molecule has 0 N–H and O–H groups in total. The SMILES string of the molecule is CC/C=C\C/C=C\C/C=C\C/C=C\C/C=C\CCCCCCCCCCCCCCCC(=O)OC(COC(=O)CCCCCCCCCCCCCCCCCCCCCCC/C=C\C/C=C\CCCCCCC)COC(OCC[N+](C)(C)C)C(=O)[O-]. The highest BCUT2D eigenvalue weighted by atomic mass is 16.7. The maximum absolute atomic E-state index is 12.9. The molecule has 87 heavy (non-hydrogen) atoms. The molecule has 9 heteroatoms. The first kappa shape index (κ1) is 83.5. The summed E-state index contributed by atoms with van der Waals surface area (Å²) in [5.41, 5.74) is 0. The molecule has 2 unspecified atom stereocenters. The number of rotatable bonds is 68. The molecule has 0 aliphatic carbocycles. The average molecular weight is 1220 g/mol. The van der Waals surface area contributed by atoms with Crippen LogP contribution < -0.4 is 5.11 Å². The van der Waals surface area contributed by atoms with E-state index in [2.05, 4.69) is 98.9 Å². The Bertz CT molecular complexity index is 1700. The lowest BCUT2D eigenvalue weighted by molar-refractivity contribution is -0.870. The smallest absolute Gasteiger partial charge is 0.306 e. The van der Waals surface area contributed by atoms with E-state index >= 15 is 0 Å². The minimum atomic E-state index is -1.62. The Labute approximate surface area is 538 Å². The summed E-state index contributed by atoms with van der Waals surface area (Å²) in [7, 11) is 5.94. The van der Waals surface area contributed by atoms with Crippen LogP contribution in [-0.4, -0.2) is 82.3 Å². The Kier molecular flexibility index (Phi) is 65.6.